The van der Waals surface area contributed by atoms with Gasteiger partial charge in [-0.25, -0.2) is 42.2 Å². The summed E-state index contributed by atoms with van der Waals surface area (Å²) in [5.41, 5.74) is 13.8. The summed E-state index contributed by atoms with van der Waals surface area (Å²) in [6.45, 7) is 61.4. The summed E-state index contributed by atoms with van der Waals surface area (Å²) in [6.07, 6.45) is -0.0615. The molecule has 10 atom stereocenters. The number of ketones is 2. The Kier molecular flexibility index (Phi) is 52.4. The second-order valence-electron chi connectivity index (χ2n) is 34.3. The number of ether oxygens (including phenoxy) is 7. The van der Waals surface area contributed by atoms with Crippen LogP contribution in [0.4, 0.5) is 0 Å². The van der Waals surface area contributed by atoms with Crippen LogP contribution in [0, 0.1) is 101 Å². The third-order valence-electron chi connectivity index (χ3n) is 20.1. The summed E-state index contributed by atoms with van der Waals surface area (Å²) in [7, 11) is 0. The molecule has 30 nitrogen and oxygen atoms in total. The van der Waals surface area contributed by atoms with Crippen molar-refractivity contribution >= 4 is 129 Å². The molecule has 0 radical (unpaired) electrons. The van der Waals surface area contributed by atoms with Crippen molar-refractivity contribution in [3.8, 4) is 0 Å². The molecule has 111 heavy (non-hydrogen) atoms. The molecule has 6 heterocycles. The monoisotopic (exact) mass is 1650 g/mol. The minimum absolute atomic E-state index is 0.0370. The van der Waals surface area contributed by atoms with Crippen molar-refractivity contribution in [1.29, 1.82) is 8.30 Å². The number of carbonyl (C=O) groups excluding carboxylic acids is 9. The smallest absolute Gasteiger partial charge is 0.335 e. The molecule has 0 aromatic carbocycles. The second-order valence-corrected chi connectivity index (χ2v) is 35.8. The highest BCUT2D eigenvalue weighted by Crippen LogP contribution is 2.37. The maximum Gasteiger partial charge on any atom is 0.335 e. The van der Waals surface area contributed by atoms with Crippen LogP contribution in [0.5, 0.6) is 0 Å². The molecule has 7 N–H and O–H groups in total. The molecule has 0 spiro atoms. The van der Waals surface area contributed by atoms with Crippen LogP contribution in [0.25, 0.3) is 16.0 Å². The Bertz CT molecular complexity index is 3000. The van der Waals surface area contributed by atoms with Crippen molar-refractivity contribution in [3.05, 3.63) is 16.0 Å². The fourth-order valence-electron chi connectivity index (χ4n) is 7.59. The molecule has 6 fully saturated rings. The summed E-state index contributed by atoms with van der Waals surface area (Å²) in [5.74, 6) is -5.52. The van der Waals surface area contributed by atoms with Gasteiger partial charge in [0, 0.05) is 93.4 Å². The molecule has 6 saturated heterocycles. The van der Waals surface area contributed by atoms with Crippen molar-refractivity contribution in [3.63, 3.8) is 0 Å². The average molecular weight is 1650 g/mol. The molecule has 36 heteroatoms. The minimum Gasteiger partial charge on any atom is -0.481 e. The number of hydrogen-bond donors (Lipinski definition) is 10. The number of cyclic esters (lactones) is 5. The van der Waals surface area contributed by atoms with E-state index in [4.69, 9.17) is 63.5 Å². The molecule has 6 rings (SSSR count). The number of carbonyl (C=O) groups is 11. The zero-order valence-corrected chi connectivity index (χ0v) is 75.0. The SMILES string of the molecule is CC(C(=O)O)C(C)(C)CO.CC1(C)COC(=O)C1N=[N+]=[N-].CC1(C)COC(=O)C1O.CC1C(=O)COCC1(C)C.CC1C(=O)OCC1(C)C.CC1C(=O)OCC1(C)C.CC1C(=O)OCC1(C)C.[2H]B(C)S.[2H]B(C)S.[2H]B(C)S.[3H]OCC(C)(C)C(C)C(=O)C=[N+]=[N-].[3H]OCC(C)(C)C(C)C(=O)O.[3H]OCC(C)(C)C(C)C(=O)OC(C)=O. The quantitative estimate of drug-likeness (QED) is 0.00745. The van der Waals surface area contributed by atoms with Crippen LogP contribution in [0.15, 0.2) is 5.11 Å². The van der Waals surface area contributed by atoms with Gasteiger partial charge in [-0.15, -0.1) is 0 Å². The number of carboxylic acid groups (broad SMARTS) is 2. The predicted octanol–water partition coefficient (Wildman–Crippen LogP) is 9.68. The van der Waals surface area contributed by atoms with Gasteiger partial charge in [0.25, 0.3) is 0 Å². The summed E-state index contributed by atoms with van der Waals surface area (Å²) in [6, 6.07) is -0.660. The van der Waals surface area contributed by atoms with Crippen LogP contribution in [-0.4, -0.2) is 225 Å². The molecule has 0 aliphatic carbocycles. The number of azide groups is 1. The molecule has 0 saturated carbocycles. The topological polar surface area (TPSA) is 479 Å². The third kappa shape index (κ3) is 46.6. The first-order valence-electron chi connectivity index (χ1n) is 39.2. The lowest BCUT2D eigenvalue weighted by Crippen LogP contribution is -2.40. The Morgan fingerprint density at radius 2 is 0.829 bits per heavy atom. The van der Waals surface area contributed by atoms with E-state index >= 15 is 0 Å². The van der Waals surface area contributed by atoms with Crippen LogP contribution in [0.3, 0.4) is 0 Å². The predicted molar refractivity (Wildman–Crippen MR) is 442 cm³/mol. The first kappa shape index (κ1) is 105. The van der Waals surface area contributed by atoms with Gasteiger partial charge in [-0.3, -0.25) is 47.9 Å². The normalized spacial score (nSPS) is 22.9. The highest BCUT2D eigenvalue weighted by atomic mass is 32.1. The van der Waals surface area contributed by atoms with Gasteiger partial charge in [-0.2, -0.15) is 4.79 Å². The van der Waals surface area contributed by atoms with E-state index in [9.17, 15) is 52.7 Å². The van der Waals surface area contributed by atoms with Gasteiger partial charge < -0.3 is 74.4 Å². The molecule has 0 bridgehead atoms. The Morgan fingerprint density at radius 3 is 1.03 bits per heavy atom. The number of esters is 7. The number of carboxylic acids is 2. The highest BCUT2D eigenvalue weighted by Gasteiger charge is 2.45. The number of aliphatic hydroxyl groups is 5. The molecule has 6 aliphatic rings. The van der Waals surface area contributed by atoms with Gasteiger partial charge in [0.05, 0.1) is 75.1 Å². The van der Waals surface area contributed by atoms with E-state index in [2.05, 4.69) is 90.9 Å². The van der Waals surface area contributed by atoms with E-state index in [1.54, 1.807) is 104 Å². The molecular formula is C75H142B3N5O25S3. The maximum absolute atomic E-state index is 11.3. The van der Waals surface area contributed by atoms with E-state index in [-0.39, 0.29) is 132 Å². The van der Waals surface area contributed by atoms with Gasteiger partial charge in [-0.05, 0) is 20.4 Å². The fourth-order valence-corrected chi connectivity index (χ4v) is 7.59. The standard InChI is InChI=1S/C9H16O4.C8H14N2O2.C8H14O2.2C7H14O3.3C7H12O2.C6H9N3O2.C6H10O3.3CH5BS/c1-6(9(3,4)5-10)8(12)13-7(2)11;1-6(7(12)4-10-9)8(2,3)5-11;1-6-7(9)4-10-5-8(6,2)3;2*1-5(6(9)10)7(2,3)4-8;3*1-5-6(8)9-4-7(5,2)3;1-6(2)3-11-5(10)4(6)8-9-7;1-6(2)3-9-5(8)4(6)7;3*1-2-3/h6,10H,5H2,1-4H3;4,6,11H,5H2,1-3H3;6H,4-5H2,1-3H3;2*5,8H,4H2,1-3H3,(H,9,10);3*5H,4H2,1-3H3;4H,3H2,1-2H3;4,7H,3H2,1-2H3;3*2-3H,1H3/i10T;11T;;8T;;;;;;;3*2D. The Morgan fingerprint density at radius 1 is 0.541 bits per heavy atom. The minimum atomic E-state index is -0.933. The van der Waals surface area contributed by atoms with Gasteiger partial charge in [0.1, 0.15) is 12.6 Å². The van der Waals surface area contributed by atoms with E-state index in [1.165, 1.54) is 6.92 Å². The number of nitrogens with zero attached hydrogens (tertiary/aromatic N) is 5. The zero-order chi connectivity index (χ0) is 94.5. The van der Waals surface area contributed by atoms with Gasteiger partial charge >= 0.3 is 59.9 Å². The maximum atomic E-state index is 11.3. The fraction of sp³-hybridized carbons (Fsp3) is 0.840. The first-order chi connectivity index (χ1) is 52.6. The van der Waals surface area contributed by atoms with E-state index in [1.807, 2.05) is 96.9 Å². The van der Waals surface area contributed by atoms with Crippen molar-refractivity contribution < 1.29 is 126 Å². The molecule has 0 aromatic heterocycles. The van der Waals surface area contributed by atoms with Crippen LogP contribution >= 0.6 is 37.4 Å². The number of thiol groups is 3. The lowest BCUT2D eigenvalue weighted by atomic mass is 9.77. The molecule has 0 amide bonds. The van der Waals surface area contributed by atoms with Crippen LogP contribution in [-0.2, 0) is 85.9 Å². The zero-order valence-electron chi connectivity index (χ0n) is 78.3. The average Bonchev–Trinajstić information content (AvgIpc) is 1.81. The summed E-state index contributed by atoms with van der Waals surface area (Å²) in [5, 5.41) is 51.0. The Labute approximate surface area is 688 Å². The molecular weight excluding hydrogens is 1500 g/mol. The van der Waals surface area contributed by atoms with Crippen LogP contribution in [0.1, 0.15) is 201 Å². The van der Waals surface area contributed by atoms with E-state index in [0.29, 0.717) is 46.2 Å². The molecule has 644 valence electrons. The summed E-state index contributed by atoms with van der Waals surface area (Å²) < 4.78 is 72.5. The lowest BCUT2D eigenvalue weighted by Gasteiger charge is -2.34. The third-order valence-corrected chi connectivity index (χ3v) is 20.1. The largest absolute Gasteiger partial charge is 0.481 e. The van der Waals surface area contributed by atoms with Crippen molar-refractivity contribution in [2.75, 3.05) is 72.7 Å². The van der Waals surface area contributed by atoms with Crippen molar-refractivity contribution in [1.82, 2.24) is 0 Å². The van der Waals surface area contributed by atoms with Gasteiger partial charge in [-0.1, -0.05) is 219 Å². The summed E-state index contributed by atoms with van der Waals surface area (Å²) in [4.78, 5) is 124. The highest BCUT2D eigenvalue weighted by molar-refractivity contribution is 8.07. The first-order valence-corrected chi connectivity index (χ1v) is 37.8. The van der Waals surface area contributed by atoms with Crippen molar-refractivity contribution in [2.24, 2.45) is 107 Å². The number of aliphatic carboxylic acids is 2. The Hall–Kier alpha value is -5.54. The van der Waals surface area contributed by atoms with Crippen LogP contribution < -0.4 is 0 Å². The van der Waals surface area contributed by atoms with E-state index < -0.39 is 92.8 Å². The second kappa shape index (κ2) is 55.1. The van der Waals surface area contributed by atoms with Gasteiger partial charge in [0.2, 0.25) is 10.1 Å². The number of Topliss-reactive ketones (excluding diaryl/α,β-unsaturated/α-hetero) is 2. The number of hydrogen-bond acceptors (Lipinski definition) is 27. The van der Waals surface area contributed by atoms with Gasteiger partial charge in [0.15, 0.2) is 31.5 Å². The number of aliphatic hydroxyl groups excluding tert-OH is 5. The summed E-state index contributed by atoms with van der Waals surface area (Å²) >= 11 is 10.9. The number of rotatable bonds is 17. The van der Waals surface area contributed by atoms with E-state index in [0.717, 1.165) is 6.21 Å². The molecule has 0 aromatic rings. The van der Waals surface area contributed by atoms with Crippen molar-refractivity contribution in [2.45, 2.75) is 233 Å². The van der Waals surface area contributed by atoms with Crippen LogP contribution in [0.2, 0.25) is 20.5 Å². The molecule has 10 unspecified atom stereocenters. The Balaban J connectivity index is -0.000000227. The molecule has 6 aliphatic heterocycles. The lowest BCUT2D eigenvalue weighted by molar-refractivity contribution is -0.164.